The maximum absolute atomic E-state index is 11.4. The molecule has 0 fully saturated rings. The van der Waals surface area contributed by atoms with Gasteiger partial charge in [0.1, 0.15) is 0 Å². The molecule has 2 heterocycles. The number of hydrogen-bond acceptors (Lipinski definition) is 2. The van der Waals surface area contributed by atoms with E-state index in [0.717, 1.165) is 0 Å². The number of fused-ring (bicyclic) bond motifs is 2. The molecule has 2 nitrogen and oxygen atoms in total. The van der Waals surface area contributed by atoms with Gasteiger partial charge in [0.2, 0.25) is 0 Å². The second-order valence-corrected chi connectivity index (χ2v) is 4.94. The highest BCUT2D eigenvalue weighted by molar-refractivity contribution is 7.93. The second kappa shape index (κ2) is 2.08. The standard InChI is InChI=1S/C8H8O2S/c9-11(10)7-3-1-2-4-8(11)6-5-7/h1-8H/t7-,8-/m1/s1. The van der Waals surface area contributed by atoms with Gasteiger partial charge in [-0.25, -0.2) is 8.42 Å². The van der Waals surface area contributed by atoms with Crippen LogP contribution in [-0.2, 0) is 9.84 Å². The molecule has 0 aliphatic carbocycles. The van der Waals surface area contributed by atoms with E-state index in [0.29, 0.717) is 0 Å². The summed E-state index contributed by atoms with van der Waals surface area (Å²) in [5.74, 6) is 0. The van der Waals surface area contributed by atoms with Crippen molar-refractivity contribution in [3.05, 3.63) is 36.5 Å². The third kappa shape index (κ3) is 0.878. The lowest BCUT2D eigenvalue weighted by atomic mass is 10.2. The Morgan fingerprint density at radius 1 is 0.818 bits per heavy atom. The zero-order valence-corrected chi connectivity index (χ0v) is 6.66. The van der Waals surface area contributed by atoms with E-state index >= 15 is 0 Å². The van der Waals surface area contributed by atoms with E-state index in [4.69, 9.17) is 0 Å². The Labute approximate surface area is 65.8 Å². The normalized spacial score (nSPS) is 37.5. The van der Waals surface area contributed by atoms with Crippen molar-refractivity contribution in [3.63, 3.8) is 0 Å². The third-order valence-corrected chi connectivity index (χ3v) is 4.11. The van der Waals surface area contributed by atoms with E-state index in [1.54, 1.807) is 36.5 Å². The van der Waals surface area contributed by atoms with Crippen LogP contribution >= 0.6 is 0 Å². The fraction of sp³-hybridized carbons (Fsp3) is 0.250. The van der Waals surface area contributed by atoms with Crippen molar-refractivity contribution in [2.75, 3.05) is 0 Å². The Balaban J connectivity index is 2.61. The van der Waals surface area contributed by atoms with Crippen molar-refractivity contribution in [2.24, 2.45) is 0 Å². The van der Waals surface area contributed by atoms with Crippen LogP contribution in [0.4, 0.5) is 0 Å². The molecule has 0 aromatic carbocycles. The van der Waals surface area contributed by atoms with Crippen LogP contribution in [0, 0.1) is 0 Å². The summed E-state index contributed by atoms with van der Waals surface area (Å²) in [6.45, 7) is 0. The average Bonchev–Trinajstić information content (AvgIpc) is 2.00. The van der Waals surface area contributed by atoms with Crippen LogP contribution < -0.4 is 0 Å². The van der Waals surface area contributed by atoms with E-state index in [1.807, 2.05) is 0 Å². The molecule has 2 aliphatic rings. The van der Waals surface area contributed by atoms with Gasteiger partial charge in [-0.2, -0.15) is 0 Å². The Morgan fingerprint density at radius 3 is 1.73 bits per heavy atom. The smallest absolute Gasteiger partial charge is 0.170 e. The van der Waals surface area contributed by atoms with Crippen molar-refractivity contribution in [3.8, 4) is 0 Å². The molecule has 58 valence electrons. The summed E-state index contributed by atoms with van der Waals surface area (Å²) in [5, 5.41) is -0.773. The molecule has 0 aromatic rings. The minimum atomic E-state index is -2.95. The van der Waals surface area contributed by atoms with E-state index in [9.17, 15) is 8.42 Å². The summed E-state index contributed by atoms with van der Waals surface area (Å²) < 4.78 is 22.9. The molecule has 0 saturated heterocycles. The van der Waals surface area contributed by atoms with Crippen molar-refractivity contribution in [1.82, 2.24) is 0 Å². The van der Waals surface area contributed by atoms with Gasteiger partial charge in [0.25, 0.3) is 0 Å². The van der Waals surface area contributed by atoms with E-state index in [1.165, 1.54) is 0 Å². The molecule has 2 rings (SSSR count). The van der Waals surface area contributed by atoms with Crippen LogP contribution in [0.25, 0.3) is 0 Å². The molecule has 0 N–H and O–H groups in total. The molecular weight excluding hydrogens is 160 g/mol. The number of sulfone groups is 1. The van der Waals surface area contributed by atoms with Gasteiger partial charge in [-0.3, -0.25) is 0 Å². The zero-order valence-electron chi connectivity index (χ0n) is 5.84. The predicted molar refractivity (Wildman–Crippen MR) is 43.9 cm³/mol. The topological polar surface area (TPSA) is 34.1 Å². The fourth-order valence-corrected chi connectivity index (χ4v) is 2.92. The molecular formula is C8H8O2S. The van der Waals surface area contributed by atoms with Gasteiger partial charge in [-0.15, -0.1) is 0 Å². The third-order valence-electron chi connectivity index (χ3n) is 1.96. The van der Waals surface area contributed by atoms with Crippen LogP contribution in [0.15, 0.2) is 36.5 Å². The van der Waals surface area contributed by atoms with Crippen molar-refractivity contribution in [1.29, 1.82) is 0 Å². The molecule has 2 atom stereocenters. The molecule has 0 aromatic heterocycles. The molecule has 0 saturated carbocycles. The van der Waals surface area contributed by atoms with Crippen LogP contribution in [0.2, 0.25) is 0 Å². The number of hydrogen-bond donors (Lipinski definition) is 0. The first kappa shape index (κ1) is 6.85. The van der Waals surface area contributed by atoms with Crippen molar-refractivity contribution >= 4 is 9.84 Å². The van der Waals surface area contributed by atoms with Gasteiger partial charge in [-0.05, 0) is 0 Å². The fourth-order valence-electron chi connectivity index (χ4n) is 1.31. The van der Waals surface area contributed by atoms with E-state index in [2.05, 4.69) is 0 Å². The van der Waals surface area contributed by atoms with Crippen molar-refractivity contribution < 1.29 is 8.42 Å². The maximum atomic E-state index is 11.4. The molecule has 3 heteroatoms. The highest BCUT2D eigenvalue weighted by Gasteiger charge is 2.33. The highest BCUT2D eigenvalue weighted by atomic mass is 32.2. The zero-order chi connectivity index (χ0) is 7.90. The van der Waals surface area contributed by atoms with Gasteiger partial charge in [0.15, 0.2) is 9.84 Å². The van der Waals surface area contributed by atoms with E-state index < -0.39 is 9.84 Å². The minimum Gasteiger partial charge on any atom is -0.227 e. The second-order valence-electron chi connectivity index (χ2n) is 2.67. The van der Waals surface area contributed by atoms with Gasteiger partial charge in [0.05, 0.1) is 10.5 Å². The van der Waals surface area contributed by atoms with Crippen LogP contribution in [0.5, 0.6) is 0 Å². The van der Waals surface area contributed by atoms with Crippen molar-refractivity contribution in [2.45, 2.75) is 10.5 Å². The van der Waals surface area contributed by atoms with Gasteiger partial charge in [-0.1, -0.05) is 36.5 Å². The molecule has 0 radical (unpaired) electrons. The Bertz CT molecular complexity index is 318. The predicted octanol–water partition coefficient (Wildman–Crippen LogP) is 0.834. The molecule has 0 unspecified atom stereocenters. The first-order chi connectivity index (χ1) is 5.21. The summed E-state index contributed by atoms with van der Waals surface area (Å²) in [6.07, 6.45) is 10.4. The lowest BCUT2D eigenvalue weighted by Gasteiger charge is -2.04. The summed E-state index contributed by atoms with van der Waals surface area (Å²) in [4.78, 5) is 0. The first-order valence-electron chi connectivity index (χ1n) is 3.47. The SMILES string of the molecule is O=S1(=O)[C@@H]2C=CC=C[C@@H]1C=C2. The first-order valence-corrected chi connectivity index (χ1v) is 5.08. The molecule has 2 bridgehead atoms. The Kier molecular flexibility index (Phi) is 1.29. The summed E-state index contributed by atoms with van der Waals surface area (Å²) in [5.41, 5.74) is 0. The summed E-state index contributed by atoms with van der Waals surface area (Å²) in [7, 11) is -2.95. The monoisotopic (exact) mass is 168 g/mol. The lowest BCUT2D eigenvalue weighted by Crippen LogP contribution is -2.19. The quantitative estimate of drug-likeness (QED) is 0.502. The molecule has 2 aliphatic heterocycles. The number of allylic oxidation sites excluding steroid dienone is 2. The minimum absolute atomic E-state index is 0.387. The van der Waals surface area contributed by atoms with Crippen LogP contribution in [-0.4, -0.2) is 18.9 Å². The molecule has 0 amide bonds. The van der Waals surface area contributed by atoms with Crippen LogP contribution in [0.3, 0.4) is 0 Å². The average molecular weight is 168 g/mol. The molecule has 0 spiro atoms. The van der Waals surface area contributed by atoms with E-state index in [-0.39, 0.29) is 10.5 Å². The number of rotatable bonds is 0. The molecule has 11 heavy (non-hydrogen) atoms. The Hall–Kier alpha value is -0.830. The maximum Gasteiger partial charge on any atom is 0.170 e. The van der Waals surface area contributed by atoms with Crippen LogP contribution in [0.1, 0.15) is 0 Å². The summed E-state index contributed by atoms with van der Waals surface area (Å²) >= 11 is 0. The Morgan fingerprint density at radius 2 is 1.27 bits per heavy atom. The van der Waals surface area contributed by atoms with Gasteiger partial charge in [0, 0.05) is 0 Å². The lowest BCUT2D eigenvalue weighted by molar-refractivity contribution is 0.595. The van der Waals surface area contributed by atoms with Gasteiger partial charge < -0.3 is 0 Å². The van der Waals surface area contributed by atoms with Gasteiger partial charge >= 0.3 is 0 Å². The largest absolute Gasteiger partial charge is 0.227 e. The summed E-state index contributed by atoms with van der Waals surface area (Å²) in [6, 6.07) is 0. The highest BCUT2D eigenvalue weighted by Crippen LogP contribution is 2.24.